The van der Waals surface area contributed by atoms with E-state index in [9.17, 15) is 18.0 Å². The Morgan fingerprint density at radius 2 is 1.86 bits per heavy atom. The molecule has 1 aromatic carbocycles. The quantitative estimate of drug-likeness (QED) is 0.660. The number of benzene rings is 1. The van der Waals surface area contributed by atoms with E-state index < -0.39 is 24.3 Å². The molecule has 6 nitrogen and oxygen atoms in total. The van der Waals surface area contributed by atoms with E-state index in [2.05, 4.69) is 15.5 Å². The number of hydrogen-bond acceptors (Lipinski definition) is 3. The molecule has 154 valence electrons. The fourth-order valence-electron chi connectivity index (χ4n) is 3.05. The van der Waals surface area contributed by atoms with E-state index >= 15 is 0 Å². The number of carbonyl (C=O) groups excluding carboxylic acids is 1. The first kappa shape index (κ1) is 20.9. The van der Waals surface area contributed by atoms with Crippen LogP contribution in [-0.4, -0.2) is 25.5 Å². The van der Waals surface area contributed by atoms with Crippen molar-refractivity contribution >= 4 is 23.2 Å². The average molecular weight is 426 g/mol. The molecule has 2 aromatic heterocycles. The van der Waals surface area contributed by atoms with Gasteiger partial charge in [-0.1, -0.05) is 23.7 Å². The molecule has 0 unspecified atom stereocenters. The lowest BCUT2D eigenvalue weighted by Crippen LogP contribution is -2.24. The molecule has 0 saturated heterocycles. The van der Waals surface area contributed by atoms with Gasteiger partial charge in [-0.2, -0.15) is 23.4 Å². The van der Waals surface area contributed by atoms with Crippen LogP contribution in [-0.2, 0) is 24.1 Å². The molecule has 1 amide bonds. The predicted octanol–water partition coefficient (Wildman–Crippen LogP) is 4.36. The molecular weight excluding hydrogens is 407 g/mol. The SMILES string of the molecule is Cc1cc(C(F)(F)F)n(CC(=O)Nc2c(C)nn(Cc3cccc(Cl)c3)c2C)n1. The summed E-state index contributed by atoms with van der Waals surface area (Å²) in [6, 6.07) is 8.22. The van der Waals surface area contributed by atoms with Gasteiger partial charge in [0.2, 0.25) is 5.91 Å². The smallest absolute Gasteiger partial charge is 0.321 e. The van der Waals surface area contributed by atoms with Gasteiger partial charge in [0, 0.05) is 5.02 Å². The van der Waals surface area contributed by atoms with Crippen molar-refractivity contribution in [3.05, 3.63) is 63.7 Å². The maximum Gasteiger partial charge on any atom is 0.433 e. The second-order valence-electron chi connectivity index (χ2n) is 6.71. The zero-order valence-corrected chi connectivity index (χ0v) is 16.8. The van der Waals surface area contributed by atoms with Crippen LogP contribution in [0.15, 0.2) is 30.3 Å². The Kier molecular flexibility index (Phi) is 5.70. The standard InChI is InChI=1S/C19H19ClF3N5O/c1-11-7-16(19(21,22)23)28(25-11)10-17(29)24-18-12(2)26-27(13(18)3)9-14-5-4-6-15(20)8-14/h4-8H,9-10H2,1-3H3,(H,24,29). The Morgan fingerprint density at radius 1 is 1.14 bits per heavy atom. The van der Waals surface area contributed by atoms with Crippen LogP contribution < -0.4 is 5.32 Å². The number of rotatable bonds is 5. The van der Waals surface area contributed by atoms with Crippen molar-refractivity contribution in [2.24, 2.45) is 0 Å². The number of alkyl halides is 3. The summed E-state index contributed by atoms with van der Waals surface area (Å²) in [6.45, 7) is 4.83. The predicted molar refractivity (Wildman–Crippen MR) is 103 cm³/mol. The molecule has 3 rings (SSSR count). The van der Waals surface area contributed by atoms with Crippen molar-refractivity contribution in [3.63, 3.8) is 0 Å². The average Bonchev–Trinajstić information content (AvgIpc) is 3.09. The highest BCUT2D eigenvalue weighted by Gasteiger charge is 2.35. The lowest BCUT2D eigenvalue weighted by atomic mass is 10.2. The van der Waals surface area contributed by atoms with Gasteiger partial charge in [-0.3, -0.25) is 14.2 Å². The number of carbonyl (C=O) groups is 1. The molecule has 0 saturated carbocycles. The van der Waals surface area contributed by atoms with Crippen molar-refractivity contribution in [3.8, 4) is 0 Å². The van der Waals surface area contributed by atoms with Gasteiger partial charge in [0.05, 0.1) is 29.3 Å². The van der Waals surface area contributed by atoms with Crippen LogP contribution in [0.5, 0.6) is 0 Å². The third-order valence-corrected chi connectivity index (χ3v) is 4.59. The van der Waals surface area contributed by atoms with Crippen LogP contribution in [0.1, 0.15) is 28.3 Å². The van der Waals surface area contributed by atoms with Crippen LogP contribution in [0.4, 0.5) is 18.9 Å². The minimum atomic E-state index is -4.59. The number of aromatic nitrogens is 4. The summed E-state index contributed by atoms with van der Waals surface area (Å²) in [5.74, 6) is -0.618. The lowest BCUT2D eigenvalue weighted by Gasteiger charge is -2.11. The molecule has 0 aliphatic heterocycles. The Morgan fingerprint density at radius 3 is 2.52 bits per heavy atom. The van der Waals surface area contributed by atoms with Crippen LogP contribution >= 0.6 is 11.6 Å². The van der Waals surface area contributed by atoms with Crippen LogP contribution in [0.3, 0.4) is 0 Å². The molecule has 29 heavy (non-hydrogen) atoms. The van der Waals surface area contributed by atoms with Gasteiger partial charge < -0.3 is 5.32 Å². The van der Waals surface area contributed by atoms with Crippen LogP contribution in [0.2, 0.25) is 5.02 Å². The van der Waals surface area contributed by atoms with Crippen molar-refractivity contribution in [1.82, 2.24) is 19.6 Å². The zero-order chi connectivity index (χ0) is 21.3. The van der Waals surface area contributed by atoms with Gasteiger partial charge in [0.1, 0.15) is 12.2 Å². The first-order chi connectivity index (χ1) is 13.5. The summed E-state index contributed by atoms with van der Waals surface area (Å²) in [4.78, 5) is 12.4. The topological polar surface area (TPSA) is 64.7 Å². The summed E-state index contributed by atoms with van der Waals surface area (Å²) in [5, 5.41) is 11.4. The maximum absolute atomic E-state index is 13.1. The summed E-state index contributed by atoms with van der Waals surface area (Å²) in [6.07, 6.45) is -4.59. The fourth-order valence-corrected chi connectivity index (χ4v) is 3.26. The number of anilines is 1. The number of amides is 1. The van der Waals surface area contributed by atoms with Crippen molar-refractivity contribution in [2.75, 3.05) is 5.32 Å². The zero-order valence-electron chi connectivity index (χ0n) is 16.0. The first-order valence-corrected chi connectivity index (χ1v) is 9.12. The van der Waals surface area contributed by atoms with E-state index in [0.717, 1.165) is 11.6 Å². The van der Waals surface area contributed by atoms with Crippen molar-refractivity contribution < 1.29 is 18.0 Å². The van der Waals surface area contributed by atoms with E-state index in [1.165, 1.54) is 6.92 Å². The van der Waals surface area contributed by atoms with Gasteiger partial charge >= 0.3 is 6.18 Å². The van der Waals surface area contributed by atoms with Crippen molar-refractivity contribution in [2.45, 2.75) is 40.0 Å². The Balaban J connectivity index is 1.77. The number of nitrogens with one attached hydrogen (secondary N) is 1. The molecule has 0 spiro atoms. The molecule has 3 aromatic rings. The molecule has 0 atom stereocenters. The summed E-state index contributed by atoms with van der Waals surface area (Å²) >= 11 is 6.00. The van der Waals surface area contributed by atoms with Crippen LogP contribution in [0, 0.1) is 20.8 Å². The normalized spacial score (nSPS) is 11.7. The number of halogens is 4. The van der Waals surface area contributed by atoms with E-state index in [-0.39, 0.29) is 5.69 Å². The largest absolute Gasteiger partial charge is 0.433 e. The fraction of sp³-hybridized carbons (Fsp3) is 0.316. The Labute approximate surface area is 170 Å². The maximum atomic E-state index is 13.1. The summed E-state index contributed by atoms with van der Waals surface area (Å²) < 4.78 is 41.6. The molecule has 0 fully saturated rings. The third-order valence-electron chi connectivity index (χ3n) is 4.35. The highest BCUT2D eigenvalue weighted by atomic mass is 35.5. The van der Waals surface area contributed by atoms with Gasteiger partial charge in [-0.25, -0.2) is 0 Å². The minimum Gasteiger partial charge on any atom is -0.321 e. The first-order valence-electron chi connectivity index (χ1n) is 8.74. The summed E-state index contributed by atoms with van der Waals surface area (Å²) in [7, 11) is 0. The second kappa shape index (κ2) is 7.90. The number of hydrogen-bond donors (Lipinski definition) is 1. The van der Waals surface area contributed by atoms with Crippen LogP contribution in [0.25, 0.3) is 0 Å². The summed E-state index contributed by atoms with van der Waals surface area (Å²) in [5.41, 5.74) is 1.87. The van der Waals surface area contributed by atoms with E-state index in [1.807, 2.05) is 18.2 Å². The van der Waals surface area contributed by atoms with Gasteiger partial charge in [0.15, 0.2) is 0 Å². The van der Waals surface area contributed by atoms with Crippen molar-refractivity contribution in [1.29, 1.82) is 0 Å². The van der Waals surface area contributed by atoms with E-state index in [4.69, 9.17) is 11.6 Å². The molecular formula is C19H19ClF3N5O. The molecule has 0 aliphatic carbocycles. The minimum absolute atomic E-state index is 0.187. The molecule has 0 radical (unpaired) electrons. The lowest BCUT2D eigenvalue weighted by molar-refractivity contribution is -0.144. The molecule has 10 heteroatoms. The Hall–Kier alpha value is -2.81. The highest BCUT2D eigenvalue weighted by Crippen LogP contribution is 2.30. The molecule has 0 bridgehead atoms. The monoisotopic (exact) mass is 425 g/mol. The van der Waals surface area contributed by atoms with Gasteiger partial charge in [-0.05, 0) is 44.5 Å². The Bertz CT molecular complexity index is 1050. The van der Waals surface area contributed by atoms with E-state index in [0.29, 0.717) is 33.3 Å². The number of aryl methyl sites for hydroxylation is 2. The molecule has 2 heterocycles. The molecule has 1 N–H and O–H groups in total. The third kappa shape index (κ3) is 4.79. The van der Waals surface area contributed by atoms with Gasteiger partial charge in [0.25, 0.3) is 0 Å². The van der Waals surface area contributed by atoms with Gasteiger partial charge in [-0.15, -0.1) is 0 Å². The highest BCUT2D eigenvalue weighted by molar-refractivity contribution is 6.30. The molecule has 0 aliphatic rings. The number of nitrogens with zero attached hydrogens (tertiary/aromatic N) is 4. The second-order valence-corrected chi connectivity index (χ2v) is 7.14. The van der Waals surface area contributed by atoms with E-state index in [1.54, 1.807) is 24.6 Å².